The normalized spacial score (nSPS) is 10.6. The zero-order valence-corrected chi connectivity index (χ0v) is 12.1. The number of hydrogen-bond donors (Lipinski definition) is 0. The molecule has 0 radical (unpaired) electrons. The van der Waals surface area contributed by atoms with E-state index in [1.807, 2.05) is 0 Å². The van der Waals surface area contributed by atoms with Crippen molar-refractivity contribution in [2.24, 2.45) is 0 Å². The number of rotatable bonds is 5. The largest absolute Gasteiger partial charge is 0.497 e. The summed E-state index contributed by atoms with van der Waals surface area (Å²) in [6.07, 6.45) is 0. The third-order valence-electron chi connectivity index (χ3n) is 3.07. The maximum Gasteiger partial charge on any atom is 0.264 e. The van der Waals surface area contributed by atoms with Gasteiger partial charge in [-0.3, -0.25) is 0 Å². The molecule has 118 valence electrons. The molecule has 0 saturated carbocycles. The van der Waals surface area contributed by atoms with Crippen LogP contribution in [0.1, 0.15) is 5.82 Å². The number of aromatic nitrogens is 2. The highest BCUT2D eigenvalue weighted by atomic mass is 19.1. The van der Waals surface area contributed by atoms with Crippen molar-refractivity contribution in [3.63, 3.8) is 0 Å². The van der Waals surface area contributed by atoms with Gasteiger partial charge in [0.2, 0.25) is 5.82 Å². The van der Waals surface area contributed by atoms with Crippen LogP contribution in [0, 0.1) is 11.6 Å². The average Bonchev–Trinajstić information content (AvgIpc) is 3.02. The highest BCUT2D eigenvalue weighted by Crippen LogP contribution is 2.24. The summed E-state index contributed by atoms with van der Waals surface area (Å²) in [5, 5.41) is 3.65. The minimum atomic E-state index is -0.767. The Hall–Kier alpha value is -2.96. The number of halogens is 2. The summed E-state index contributed by atoms with van der Waals surface area (Å²) in [5.74, 6) is -0.302. The van der Waals surface area contributed by atoms with Crippen LogP contribution in [-0.4, -0.2) is 17.3 Å². The SMILES string of the molecule is COc1ccc(OCc2noc(-c3c(F)cccc3F)n2)cc1. The van der Waals surface area contributed by atoms with Gasteiger partial charge in [-0.05, 0) is 36.4 Å². The number of ether oxygens (including phenoxy) is 2. The highest BCUT2D eigenvalue weighted by molar-refractivity contribution is 5.54. The van der Waals surface area contributed by atoms with Gasteiger partial charge in [0.25, 0.3) is 5.89 Å². The van der Waals surface area contributed by atoms with Crippen LogP contribution in [0.15, 0.2) is 47.0 Å². The summed E-state index contributed by atoms with van der Waals surface area (Å²) >= 11 is 0. The topological polar surface area (TPSA) is 57.4 Å². The predicted octanol–water partition coefficient (Wildman–Crippen LogP) is 3.60. The highest BCUT2D eigenvalue weighted by Gasteiger charge is 2.18. The van der Waals surface area contributed by atoms with Gasteiger partial charge in [-0.15, -0.1) is 0 Å². The van der Waals surface area contributed by atoms with Gasteiger partial charge in [0.15, 0.2) is 6.61 Å². The number of benzene rings is 2. The number of nitrogens with zero attached hydrogens (tertiary/aromatic N) is 2. The van der Waals surface area contributed by atoms with Crippen LogP contribution >= 0.6 is 0 Å². The minimum Gasteiger partial charge on any atom is -0.497 e. The zero-order chi connectivity index (χ0) is 16.2. The van der Waals surface area contributed by atoms with Gasteiger partial charge in [0, 0.05) is 0 Å². The molecule has 3 rings (SSSR count). The molecule has 0 spiro atoms. The minimum absolute atomic E-state index is 0.00585. The maximum absolute atomic E-state index is 13.7. The molecular formula is C16H12F2N2O3. The molecule has 5 nitrogen and oxygen atoms in total. The monoisotopic (exact) mass is 318 g/mol. The van der Waals surface area contributed by atoms with E-state index < -0.39 is 11.6 Å². The fourth-order valence-corrected chi connectivity index (χ4v) is 1.94. The van der Waals surface area contributed by atoms with Crippen LogP contribution in [-0.2, 0) is 6.61 Å². The molecule has 0 unspecified atom stereocenters. The van der Waals surface area contributed by atoms with Crippen LogP contribution in [0.2, 0.25) is 0 Å². The first-order valence-electron chi connectivity index (χ1n) is 6.71. The molecule has 0 amide bonds. The quantitative estimate of drug-likeness (QED) is 0.719. The second-order valence-electron chi connectivity index (χ2n) is 4.58. The zero-order valence-electron chi connectivity index (χ0n) is 12.1. The van der Waals surface area contributed by atoms with E-state index in [1.165, 1.54) is 6.07 Å². The molecule has 0 bridgehead atoms. The molecule has 0 saturated heterocycles. The lowest BCUT2D eigenvalue weighted by atomic mass is 10.2. The molecule has 0 aliphatic carbocycles. The lowest BCUT2D eigenvalue weighted by Crippen LogP contribution is -1.98. The molecule has 1 heterocycles. The van der Waals surface area contributed by atoms with E-state index in [0.717, 1.165) is 12.1 Å². The summed E-state index contributed by atoms with van der Waals surface area (Å²) in [4.78, 5) is 3.94. The van der Waals surface area contributed by atoms with Crippen LogP contribution < -0.4 is 9.47 Å². The Morgan fingerprint density at radius 1 is 1.00 bits per heavy atom. The Bertz CT molecular complexity index is 783. The van der Waals surface area contributed by atoms with Crippen molar-refractivity contribution in [1.82, 2.24) is 10.1 Å². The molecule has 23 heavy (non-hydrogen) atoms. The Kier molecular flexibility index (Phi) is 4.18. The molecule has 0 aliphatic heterocycles. The second kappa shape index (κ2) is 6.43. The van der Waals surface area contributed by atoms with E-state index in [2.05, 4.69) is 10.1 Å². The first-order chi connectivity index (χ1) is 11.2. The second-order valence-corrected chi connectivity index (χ2v) is 4.58. The van der Waals surface area contributed by atoms with Gasteiger partial charge in [0.05, 0.1) is 7.11 Å². The Morgan fingerprint density at radius 2 is 1.65 bits per heavy atom. The summed E-state index contributed by atoms with van der Waals surface area (Å²) in [5.41, 5.74) is -0.351. The molecule has 3 aromatic rings. The smallest absolute Gasteiger partial charge is 0.264 e. The van der Waals surface area contributed by atoms with E-state index >= 15 is 0 Å². The Morgan fingerprint density at radius 3 is 2.30 bits per heavy atom. The fraction of sp³-hybridized carbons (Fsp3) is 0.125. The first-order valence-corrected chi connectivity index (χ1v) is 6.71. The van der Waals surface area contributed by atoms with Crippen molar-refractivity contribution in [3.8, 4) is 23.0 Å². The Balaban J connectivity index is 1.72. The lowest BCUT2D eigenvalue weighted by molar-refractivity contribution is 0.286. The van der Waals surface area contributed by atoms with E-state index in [0.29, 0.717) is 11.5 Å². The van der Waals surface area contributed by atoms with Crippen molar-refractivity contribution >= 4 is 0 Å². The third-order valence-corrected chi connectivity index (χ3v) is 3.07. The molecule has 0 atom stereocenters. The summed E-state index contributed by atoms with van der Waals surface area (Å²) in [6.45, 7) is 0.00585. The number of methoxy groups -OCH3 is 1. The maximum atomic E-state index is 13.7. The molecule has 1 aromatic heterocycles. The van der Waals surface area contributed by atoms with Crippen molar-refractivity contribution in [2.75, 3.05) is 7.11 Å². The van der Waals surface area contributed by atoms with Gasteiger partial charge in [-0.1, -0.05) is 11.2 Å². The van der Waals surface area contributed by atoms with Crippen LogP contribution in [0.5, 0.6) is 11.5 Å². The van der Waals surface area contributed by atoms with Gasteiger partial charge in [0.1, 0.15) is 28.7 Å². The van der Waals surface area contributed by atoms with E-state index in [9.17, 15) is 8.78 Å². The fourth-order valence-electron chi connectivity index (χ4n) is 1.94. The molecular weight excluding hydrogens is 306 g/mol. The van der Waals surface area contributed by atoms with E-state index in [4.69, 9.17) is 14.0 Å². The average molecular weight is 318 g/mol. The van der Waals surface area contributed by atoms with E-state index in [-0.39, 0.29) is 23.9 Å². The van der Waals surface area contributed by atoms with Gasteiger partial charge in [-0.2, -0.15) is 4.98 Å². The molecule has 7 heteroatoms. The van der Waals surface area contributed by atoms with Gasteiger partial charge in [-0.25, -0.2) is 8.78 Å². The summed E-state index contributed by atoms with van der Waals surface area (Å²) in [7, 11) is 1.57. The lowest BCUT2D eigenvalue weighted by Gasteiger charge is -2.04. The third kappa shape index (κ3) is 3.28. The van der Waals surface area contributed by atoms with Crippen LogP contribution in [0.4, 0.5) is 8.78 Å². The molecule has 0 N–H and O–H groups in total. The molecule has 2 aromatic carbocycles. The van der Waals surface area contributed by atoms with Crippen LogP contribution in [0.3, 0.4) is 0 Å². The molecule has 0 aliphatic rings. The van der Waals surface area contributed by atoms with Crippen molar-refractivity contribution in [1.29, 1.82) is 0 Å². The van der Waals surface area contributed by atoms with Crippen LogP contribution in [0.25, 0.3) is 11.5 Å². The Labute approximate surface area is 130 Å². The number of hydrogen-bond acceptors (Lipinski definition) is 5. The summed E-state index contributed by atoms with van der Waals surface area (Å²) in [6, 6.07) is 10.4. The predicted molar refractivity (Wildman–Crippen MR) is 77.0 cm³/mol. The van der Waals surface area contributed by atoms with Crippen molar-refractivity contribution < 1.29 is 22.8 Å². The van der Waals surface area contributed by atoms with Gasteiger partial charge < -0.3 is 14.0 Å². The standard InChI is InChI=1S/C16H12F2N2O3/c1-21-10-5-7-11(8-6-10)22-9-14-19-16(23-20-14)15-12(17)3-2-4-13(15)18/h2-8H,9H2,1H3. The van der Waals surface area contributed by atoms with E-state index in [1.54, 1.807) is 31.4 Å². The molecule has 0 fully saturated rings. The first kappa shape index (κ1) is 15.0. The summed E-state index contributed by atoms with van der Waals surface area (Å²) < 4.78 is 42.7. The van der Waals surface area contributed by atoms with Crippen molar-refractivity contribution in [2.45, 2.75) is 6.61 Å². The van der Waals surface area contributed by atoms with Crippen molar-refractivity contribution in [3.05, 3.63) is 59.9 Å². The van der Waals surface area contributed by atoms with Gasteiger partial charge >= 0.3 is 0 Å².